The highest BCUT2D eigenvalue weighted by Crippen LogP contribution is 2.40. The van der Waals surface area contributed by atoms with E-state index in [9.17, 15) is 9.59 Å². The third-order valence-electron chi connectivity index (χ3n) is 4.61. The van der Waals surface area contributed by atoms with Gasteiger partial charge in [-0.15, -0.1) is 0 Å². The van der Waals surface area contributed by atoms with Gasteiger partial charge in [0.15, 0.2) is 0 Å². The molecule has 0 saturated carbocycles. The first-order chi connectivity index (χ1) is 10.9. The third kappa shape index (κ3) is 4.93. The van der Waals surface area contributed by atoms with Gasteiger partial charge in [-0.1, -0.05) is 47.1 Å². The number of hydrogen-bond acceptors (Lipinski definition) is 3. The van der Waals surface area contributed by atoms with Crippen LogP contribution >= 0.6 is 0 Å². The smallest absolute Gasteiger partial charge is 0.308 e. The molecule has 0 atom stereocenters. The highest BCUT2D eigenvalue weighted by molar-refractivity contribution is 5.85. The molecule has 24 heavy (non-hydrogen) atoms. The van der Waals surface area contributed by atoms with E-state index in [1.807, 2.05) is 33.8 Å². The second-order valence-electron chi connectivity index (χ2n) is 8.17. The van der Waals surface area contributed by atoms with Crippen molar-refractivity contribution in [3.63, 3.8) is 0 Å². The van der Waals surface area contributed by atoms with Gasteiger partial charge in [0.25, 0.3) is 0 Å². The molecule has 0 N–H and O–H groups in total. The molecular formula is C21H32O3. The van der Waals surface area contributed by atoms with E-state index in [0.717, 1.165) is 29.5 Å². The largest absolute Gasteiger partial charge is 0.426 e. The first kappa shape index (κ1) is 20.4. The second kappa shape index (κ2) is 7.50. The van der Waals surface area contributed by atoms with E-state index in [2.05, 4.69) is 26.8 Å². The van der Waals surface area contributed by atoms with E-state index in [-0.39, 0.29) is 17.2 Å². The molecular weight excluding hydrogens is 300 g/mol. The summed E-state index contributed by atoms with van der Waals surface area (Å²) in [5.41, 5.74) is 2.32. The Hall–Kier alpha value is -1.64. The van der Waals surface area contributed by atoms with Crippen molar-refractivity contribution in [2.24, 2.45) is 5.41 Å². The minimum absolute atomic E-state index is 0.253. The lowest BCUT2D eigenvalue weighted by molar-refractivity contribution is -0.132. The number of ketones is 1. The molecule has 3 nitrogen and oxygen atoms in total. The number of Topliss-reactive ketones (excluding diaryl/α,β-unsaturated/α-hetero) is 1. The van der Waals surface area contributed by atoms with Gasteiger partial charge in [-0.3, -0.25) is 9.59 Å². The predicted molar refractivity (Wildman–Crippen MR) is 98.6 cm³/mol. The summed E-state index contributed by atoms with van der Waals surface area (Å²) in [5, 5.41) is 0. The zero-order valence-corrected chi connectivity index (χ0v) is 16.5. The molecule has 0 amide bonds. The molecule has 134 valence electrons. The van der Waals surface area contributed by atoms with Crippen LogP contribution in [0.1, 0.15) is 77.5 Å². The first-order valence-electron chi connectivity index (χ1n) is 8.74. The van der Waals surface area contributed by atoms with Gasteiger partial charge < -0.3 is 4.74 Å². The first-order valence-corrected chi connectivity index (χ1v) is 8.74. The highest BCUT2D eigenvalue weighted by Gasteiger charge is 2.35. The number of hydrogen-bond donors (Lipinski definition) is 0. The van der Waals surface area contributed by atoms with E-state index < -0.39 is 5.41 Å². The maximum absolute atomic E-state index is 12.8. The quantitative estimate of drug-likeness (QED) is 0.503. The number of rotatable bonds is 7. The fraction of sp³-hybridized carbons (Fsp3) is 0.619. The van der Waals surface area contributed by atoms with Gasteiger partial charge in [0.2, 0.25) is 0 Å². The summed E-state index contributed by atoms with van der Waals surface area (Å²) in [5.74, 6) is 0.490. The van der Waals surface area contributed by atoms with Crippen LogP contribution in [0.25, 0.3) is 0 Å². The van der Waals surface area contributed by atoms with Gasteiger partial charge in [-0.25, -0.2) is 0 Å². The van der Waals surface area contributed by atoms with Crippen molar-refractivity contribution in [2.75, 3.05) is 0 Å². The second-order valence-corrected chi connectivity index (χ2v) is 8.17. The van der Waals surface area contributed by atoms with Crippen LogP contribution in [0.15, 0.2) is 12.1 Å². The molecule has 0 aromatic heterocycles. The predicted octanol–water partition coefficient (Wildman–Crippen LogP) is 5.29. The van der Waals surface area contributed by atoms with Gasteiger partial charge in [-0.2, -0.15) is 0 Å². The summed E-state index contributed by atoms with van der Waals surface area (Å²) in [6.45, 7) is 15.6. The Labute approximate surface area is 146 Å². The van der Waals surface area contributed by atoms with Crippen molar-refractivity contribution in [3.8, 4) is 5.75 Å². The molecule has 3 heteroatoms. The SMILES string of the molecule is CCCC(C)(C)C(=O)CC(C)(C)c1c(C)cc(C)cc1OC(C)=O. The minimum atomic E-state index is -0.398. The Morgan fingerprint density at radius 2 is 1.67 bits per heavy atom. The molecule has 0 fully saturated rings. The van der Waals surface area contributed by atoms with Crippen LogP contribution in [0.3, 0.4) is 0 Å². The molecule has 0 bridgehead atoms. The molecule has 1 rings (SSSR count). The number of carbonyl (C=O) groups is 2. The van der Waals surface area contributed by atoms with Crippen molar-refractivity contribution in [1.82, 2.24) is 0 Å². The van der Waals surface area contributed by atoms with E-state index in [1.54, 1.807) is 0 Å². The molecule has 1 aromatic carbocycles. The molecule has 0 spiro atoms. The molecule has 0 aliphatic rings. The minimum Gasteiger partial charge on any atom is -0.426 e. The van der Waals surface area contributed by atoms with Crippen molar-refractivity contribution in [3.05, 3.63) is 28.8 Å². The third-order valence-corrected chi connectivity index (χ3v) is 4.61. The van der Waals surface area contributed by atoms with Crippen LogP contribution in [0.4, 0.5) is 0 Å². The summed E-state index contributed by atoms with van der Waals surface area (Å²) in [4.78, 5) is 24.3. The monoisotopic (exact) mass is 332 g/mol. The lowest BCUT2D eigenvalue weighted by atomic mass is 9.71. The molecule has 0 saturated heterocycles. The van der Waals surface area contributed by atoms with E-state index in [1.165, 1.54) is 6.92 Å². The van der Waals surface area contributed by atoms with Gasteiger partial charge >= 0.3 is 5.97 Å². The Morgan fingerprint density at radius 1 is 1.08 bits per heavy atom. The average molecular weight is 332 g/mol. The fourth-order valence-corrected chi connectivity index (χ4v) is 3.52. The van der Waals surface area contributed by atoms with E-state index in [4.69, 9.17) is 4.74 Å². The van der Waals surface area contributed by atoms with E-state index >= 15 is 0 Å². The summed E-state index contributed by atoms with van der Waals surface area (Å²) in [6, 6.07) is 3.96. The van der Waals surface area contributed by atoms with Gasteiger partial charge in [0.05, 0.1) is 0 Å². The zero-order chi connectivity index (χ0) is 18.7. The number of aryl methyl sites for hydroxylation is 2. The molecule has 0 aliphatic heterocycles. The van der Waals surface area contributed by atoms with Gasteiger partial charge in [-0.05, 0) is 37.5 Å². The molecule has 1 aromatic rings. The standard InChI is InChI=1S/C21H32O3/c1-9-10-20(5,6)18(23)13-21(7,8)19-15(3)11-14(2)12-17(19)24-16(4)22/h11-12H,9-10,13H2,1-8H3. The maximum atomic E-state index is 12.8. The number of esters is 1. The van der Waals surface area contributed by atoms with Crippen LogP contribution in [0.2, 0.25) is 0 Å². The maximum Gasteiger partial charge on any atom is 0.308 e. The Balaban J connectivity index is 3.27. The molecule has 0 radical (unpaired) electrons. The molecule has 0 aliphatic carbocycles. The Bertz CT molecular complexity index is 624. The number of ether oxygens (including phenoxy) is 1. The van der Waals surface area contributed by atoms with Crippen molar-refractivity contribution in [2.45, 2.75) is 80.1 Å². The van der Waals surface area contributed by atoms with Crippen LogP contribution in [-0.4, -0.2) is 11.8 Å². The summed E-state index contributed by atoms with van der Waals surface area (Å²) >= 11 is 0. The van der Waals surface area contributed by atoms with Crippen LogP contribution in [0.5, 0.6) is 5.75 Å². The van der Waals surface area contributed by atoms with Crippen molar-refractivity contribution < 1.29 is 14.3 Å². The summed E-state index contributed by atoms with van der Waals surface area (Å²) < 4.78 is 5.46. The van der Waals surface area contributed by atoms with E-state index in [0.29, 0.717) is 12.2 Å². The number of benzene rings is 1. The average Bonchev–Trinajstić information content (AvgIpc) is 2.35. The van der Waals surface area contributed by atoms with Gasteiger partial charge in [0.1, 0.15) is 11.5 Å². The fourth-order valence-electron chi connectivity index (χ4n) is 3.52. The van der Waals surface area contributed by atoms with Gasteiger partial charge in [0, 0.05) is 29.7 Å². The van der Waals surface area contributed by atoms with Crippen molar-refractivity contribution in [1.29, 1.82) is 0 Å². The van der Waals surface area contributed by atoms with Crippen LogP contribution < -0.4 is 4.74 Å². The molecule has 0 unspecified atom stereocenters. The number of carbonyl (C=O) groups excluding carboxylic acids is 2. The zero-order valence-electron chi connectivity index (χ0n) is 16.5. The lowest BCUT2D eigenvalue weighted by Crippen LogP contribution is -2.32. The molecule has 0 heterocycles. The van der Waals surface area contributed by atoms with Crippen LogP contribution in [0, 0.1) is 19.3 Å². The highest BCUT2D eigenvalue weighted by atomic mass is 16.5. The van der Waals surface area contributed by atoms with Crippen LogP contribution in [-0.2, 0) is 15.0 Å². The lowest BCUT2D eigenvalue weighted by Gasteiger charge is -2.32. The summed E-state index contributed by atoms with van der Waals surface area (Å²) in [6.07, 6.45) is 2.30. The summed E-state index contributed by atoms with van der Waals surface area (Å²) in [7, 11) is 0. The topological polar surface area (TPSA) is 43.4 Å². The Morgan fingerprint density at radius 3 is 2.17 bits per heavy atom. The Kier molecular flexibility index (Phi) is 6.38. The normalized spacial score (nSPS) is 12.2. The van der Waals surface area contributed by atoms with Crippen molar-refractivity contribution >= 4 is 11.8 Å².